The minimum absolute atomic E-state index is 0.328. The number of rotatable bonds is 7. The monoisotopic (exact) mass is 390 g/mol. The third kappa shape index (κ3) is 4.83. The van der Waals surface area contributed by atoms with Gasteiger partial charge < -0.3 is 9.47 Å². The van der Waals surface area contributed by atoms with Crippen LogP contribution in [0.2, 0.25) is 0 Å². The van der Waals surface area contributed by atoms with Gasteiger partial charge in [0.25, 0.3) is 5.91 Å². The number of hydrogen-bond donors (Lipinski definition) is 1. The van der Waals surface area contributed by atoms with E-state index in [0.29, 0.717) is 17.9 Å². The maximum atomic E-state index is 12.1. The molecule has 0 saturated heterocycles. The molecule has 0 bridgehead atoms. The van der Waals surface area contributed by atoms with Gasteiger partial charge in [0.15, 0.2) is 0 Å². The Hall–Kier alpha value is -2.34. The summed E-state index contributed by atoms with van der Waals surface area (Å²) in [6.07, 6.45) is 2.52. The quantitative estimate of drug-likeness (QED) is 0.573. The van der Waals surface area contributed by atoms with E-state index in [1.807, 2.05) is 18.2 Å². The lowest BCUT2D eigenvalue weighted by atomic mass is 10.2. The summed E-state index contributed by atoms with van der Waals surface area (Å²) >= 11 is 3.46. The van der Waals surface area contributed by atoms with Gasteiger partial charge in [-0.3, -0.25) is 4.79 Å². The van der Waals surface area contributed by atoms with Crippen molar-refractivity contribution in [3.05, 3.63) is 58.1 Å². The Morgan fingerprint density at radius 2 is 2.04 bits per heavy atom. The second-order valence-corrected chi connectivity index (χ2v) is 5.79. The van der Waals surface area contributed by atoms with Crippen molar-refractivity contribution in [3.63, 3.8) is 0 Å². The number of carbonyl (C=O) groups is 1. The highest BCUT2D eigenvalue weighted by Crippen LogP contribution is 2.25. The molecule has 5 nitrogen and oxygen atoms in total. The van der Waals surface area contributed by atoms with Crippen LogP contribution in [0.4, 0.5) is 0 Å². The molecule has 0 fully saturated rings. The topological polar surface area (TPSA) is 59.9 Å². The van der Waals surface area contributed by atoms with Crippen LogP contribution in [0.25, 0.3) is 0 Å². The number of amides is 1. The van der Waals surface area contributed by atoms with Crippen molar-refractivity contribution in [3.8, 4) is 11.5 Å². The van der Waals surface area contributed by atoms with Crippen molar-refractivity contribution in [1.82, 2.24) is 5.43 Å². The average molecular weight is 391 g/mol. The highest BCUT2D eigenvalue weighted by Gasteiger charge is 2.10. The predicted molar refractivity (Wildman–Crippen MR) is 98.0 cm³/mol. The predicted octanol–water partition coefficient (Wildman–Crippen LogP) is 4.01. The van der Waals surface area contributed by atoms with E-state index in [-0.39, 0.29) is 5.91 Å². The Labute approximate surface area is 149 Å². The summed E-state index contributed by atoms with van der Waals surface area (Å²) in [4.78, 5) is 12.1. The second kappa shape index (κ2) is 9.08. The molecule has 0 heterocycles. The largest absolute Gasteiger partial charge is 0.496 e. The fraction of sp³-hybridized carbons (Fsp3) is 0.222. The third-order valence-corrected chi connectivity index (χ3v) is 3.77. The summed E-state index contributed by atoms with van der Waals surface area (Å²) in [5, 5.41) is 3.98. The number of hydrazone groups is 1. The lowest BCUT2D eigenvalue weighted by molar-refractivity contribution is 0.0952. The summed E-state index contributed by atoms with van der Waals surface area (Å²) in [6, 6.07) is 12.6. The fourth-order valence-electron chi connectivity index (χ4n) is 1.98. The molecule has 126 valence electrons. The van der Waals surface area contributed by atoms with Gasteiger partial charge in [0.1, 0.15) is 11.5 Å². The Morgan fingerprint density at radius 1 is 1.25 bits per heavy atom. The minimum Gasteiger partial charge on any atom is -0.496 e. The van der Waals surface area contributed by atoms with Gasteiger partial charge in [-0.15, -0.1) is 0 Å². The van der Waals surface area contributed by atoms with Gasteiger partial charge in [-0.25, -0.2) is 5.43 Å². The van der Waals surface area contributed by atoms with Crippen molar-refractivity contribution in [2.45, 2.75) is 13.3 Å². The molecule has 2 rings (SSSR count). The molecule has 0 aliphatic carbocycles. The van der Waals surface area contributed by atoms with Crippen LogP contribution in [0.15, 0.2) is 52.0 Å². The van der Waals surface area contributed by atoms with Crippen LogP contribution in [0.5, 0.6) is 11.5 Å². The molecule has 0 unspecified atom stereocenters. The number of hydrogen-bond acceptors (Lipinski definition) is 4. The van der Waals surface area contributed by atoms with Gasteiger partial charge in [-0.05, 0) is 58.2 Å². The Morgan fingerprint density at radius 3 is 2.75 bits per heavy atom. The van der Waals surface area contributed by atoms with E-state index >= 15 is 0 Å². The van der Waals surface area contributed by atoms with Crippen LogP contribution in [0.3, 0.4) is 0 Å². The fourth-order valence-corrected chi connectivity index (χ4v) is 2.50. The molecule has 0 aliphatic heterocycles. The molecule has 0 aliphatic rings. The first kappa shape index (κ1) is 18.0. The van der Waals surface area contributed by atoms with E-state index in [1.165, 1.54) is 7.11 Å². The standard InChI is InChI=1S/C18H19BrN2O3/c1-3-10-24-17-9-8-13(11-15(17)19)12-20-21-18(22)14-6-4-5-7-16(14)23-2/h4-9,11-12H,3,10H2,1-2H3,(H,21,22)/b20-12+. The smallest absolute Gasteiger partial charge is 0.275 e. The van der Waals surface area contributed by atoms with Gasteiger partial charge in [-0.1, -0.05) is 19.1 Å². The van der Waals surface area contributed by atoms with Crippen molar-refractivity contribution in [2.75, 3.05) is 13.7 Å². The number of carbonyl (C=O) groups excluding carboxylic acids is 1. The molecule has 0 saturated carbocycles. The van der Waals surface area contributed by atoms with Crippen LogP contribution in [0.1, 0.15) is 29.3 Å². The van der Waals surface area contributed by atoms with E-state index in [9.17, 15) is 4.79 Å². The molecule has 2 aromatic rings. The molecular formula is C18H19BrN2O3. The third-order valence-electron chi connectivity index (χ3n) is 3.15. The van der Waals surface area contributed by atoms with Crippen LogP contribution in [0, 0.1) is 0 Å². The van der Waals surface area contributed by atoms with Gasteiger partial charge >= 0.3 is 0 Å². The Kier molecular flexibility index (Phi) is 6.81. The molecule has 2 aromatic carbocycles. The SMILES string of the molecule is CCCOc1ccc(/C=N/NC(=O)c2ccccc2OC)cc1Br. The molecule has 0 atom stereocenters. The van der Waals surface area contributed by atoms with Gasteiger partial charge in [0, 0.05) is 0 Å². The maximum absolute atomic E-state index is 12.1. The van der Waals surface area contributed by atoms with E-state index in [1.54, 1.807) is 30.5 Å². The lowest BCUT2D eigenvalue weighted by Gasteiger charge is -2.07. The number of para-hydroxylation sites is 1. The average Bonchev–Trinajstić information content (AvgIpc) is 2.61. The Bertz CT molecular complexity index is 732. The molecule has 1 N–H and O–H groups in total. The van der Waals surface area contributed by atoms with E-state index < -0.39 is 0 Å². The van der Waals surface area contributed by atoms with E-state index in [2.05, 4.69) is 33.4 Å². The van der Waals surface area contributed by atoms with Crippen molar-refractivity contribution >= 4 is 28.1 Å². The van der Waals surface area contributed by atoms with E-state index in [0.717, 1.165) is 22.2 Å². The summed E-state index contributed by atoms with van der Waals surface area (Å²) in [5.74, 6) is 0.961. The summed E-state index contributed by atoms with van der Waals surface area (Å²) in [7, 11) is 1.52. The molecule has 6 heteroatoms. The number of benzene rings is 2. The number of methoxy groups -OCH3 is 1. The highest BCUT2D eigenvalue weighted by atomic mass is 79.9. The van der Waals surface area contributed by atoms with Crippen molar-refractivity contribution in [1.29, 1.82) is 0 Å². The number of nitrogens with one attached hydrogen (secondary N) is 1. The van der Waals surface area contributed by atoms with Gasteiger partial charge in [0.2, 0.25) is 0 Å². The molecule has 0 aromatic heterocycles. The molecular weight excluding hydrogens is 372 g/mol. The van der Waals surface area contributed by atoms with Gasteiger partial charge in [0.05, 0.1) is 30.0 Å². The van der Waals surface area contributed by atoms with Crippen molar-refractivity contribution < 1.29 is 14.3 Å². The maximum Gasteiger partial charge on any atom is 0.275 e. The van der Waals surface area contributed by atoms with Crippen LogP contribution < -0.4 is 14.9 Å². The lowest BCUT2D eigenvalue weighted by Crippen LogP contribution is -2.18. The highest BCUT2D eigenvalue weighted by molar-refractivity contribution is 9.10. The first-order chi connectivity index (χ1) is 11.7. The zero-order valence-corrected chi connectivity index (χ0v) is 15.2. The Balaban J connectivity index is 2.01. The number of ether oxygens (including phenoxy) is 2. The number of nitrogens with zero attached hydrogens (tertiary/aromatic N) is 1. The molecule has 1 amide bonds. The minimum atomic E-state index is -0.328. The van der Waals surface area contributed by atoms with Crippen LogP contribution in [-0.4, -0.2) is 25.8 Å². The summed E-state index contributed by atoms with van der Waals surface area (Å²) in [5.41, 5.74) is 3.77. The second-order valence-electron chi connectivity index (χ2n) is 4.94. The van der Waals surface area contributed by atoms with Crippen LogP contribution in [-0.2, 0) is 0 Å². The summed E-state index contributed by atoms with van der Waals surface area (Å²) in [6.45, 7) is 2.72. The normalized spacial score (nSPS) is 10.6. The first-order valence-corrected chi connectivity index (χ1v) is 8.33. The zero-order valence-electron chi connectivity index (χ0n) is 13.6. The zero-order chi connectivity index (χ0) is 17.4. The molecule has 0 spiro atoms. The molecule has 0 radical (unpaired) electrons. The first-order valence-electron chi connectivity index (χ1n) is 7.54. The van der Waals surface area contributed by atoms with E-state index in [4.69, 9.17) is 9.47 Å². The molecule has 24 heavy (non-hydrogen) atoms. The van der Waals surface area contributed by atoms with Crippen LogP contribution >= 0.6 is 15.9 Å². The van der Waals surface area contributed by atoms with Crippen molar-refractivity contribution in [2.24, 2.45) is 5.10 Å². The number of halogens is 1. The summed E-state index contributed by atoms with van der Waals surface area (Å²) < 4.78 is 11.6. The van der Waals surface area contributed by atoms with Gasteiger partial charge in [-0.2, -0.15) is 5.10 Å².